The zero-order valence-electron chi connectivity index (χ0n) is 11.7. The molecule has 0 aromatic heterocycles. The summed E-state index contributed by atoms with van der Waals surface area (Å²) in [5.74, 6) is -0.475. The van der Waals surface area contributed by atoms with Crippen LogP contribution in [-0.2, 0) is 4.79 Å². The number of carbonyl (C=O) groups is 2. The topological polar surface area (TPSA) is 84.2 Å². The Morgan fingerprint density at radius 3 is 2.57 bits per heavy atom. The first-order valence-electron chi connectivity index (χ1n) is 7.28. The average molecular weight is 285 g/mol. The highest BCUT2D eigenvalue weighted by Gasteiger charge is 2.26. The van der Waals surface area contributed by atoms with Crippen LogP contribution in [0, 0.1) is 5.92 Å². The van der Waals surface area contributed by atoms with Crippen LogP contribution >= 0.6 is 0 Å². The predicted molar refractivity (Wildman–Crippen MR) is 80.8 cm³/mol. The second-order valence-corrected chi connectivity index (χ2v) is 5.67. The van der Waals surface area contributed by atoms with Crippen LogP contribution in [0.3, 0.4) is 0 Å². The molecule has 2 unspecified atom stereocenters. The van der Waals surface area contributed by atoms with Crippen molar-refractivity contribution in [3.8, 4) is 0 Å². The highest BCUT2D eigenvalue weighted by atomic mass is 16.2. The van der Waals surface area contributed by atoms with Gasteiger partial charge in [-0.3, -0.25) is 9.59 Å². The summed E-state index contributed by atoms with van der Waals surface area (Å²) in [6, 6.07) is 7.30. The van der Waals surface area contributed by atoms with E-state index in [0.29, 0.717) is 17.7 Å². The summed E-state index contributed by atoms with van der Waals surface area (Å²) >= 11 is 0. The number of nitrogens with one attached hydrogen (secondary N) is 2. The van der Waals surface area contributed by atoms with E-state index in [1.165, 1.54) is 0 Å². The van der Waals surface area contributed by atoms with E-state index < -0.39 is 0 Å². The summed E-state index contributed by atoms with van der Waals surface area (Å²) in [5, 5.41) is 5.78. The molecule has 1 fully saturated rings. The highest BCUT2D eigenvalue weighted by Crippen LogP contribution is 2.23. The van der Waals surface area contributed by atoms with Crippen LogP contribution < -0.4 is 16.4 Å². The van der Waals surface area contributed by atoms with Crippen molar-refractivity contribution >= 4 is 17.5 Å². The van der Waals surface area contributed by atoms with Gasteiger partial charge >= 0.3 is 0 Å². The second kappa shape index (κ2) is 5.69. The monoisotopic (exact) mass is 285 g/mol. The molecule has 2 aliphatic rings. The van der Waals surface area contributed by atoms with Crippen LogP contribution in [0.1, 0.15) is 29.6 Å². The molecule has 0 bridgehead atoms. The number of rotatable bonds is 4. The average Bonchev–Trinajstić information content (AvgIpc) is 3.17. The summed E-state index contributed by atoms with van der Waals surface area (Å²) in [6.07, 6.45) is 6.35. The number of hydrogen-bond acceptors (Lipinski definition) is 3. The van der Waals surface area contributed by atoms with Crippen LogP contribution in [0.5, 0.6) is 0 Å². The fourth-order valence-corrected chi connectivity index (χ4v) is 2.43. The molecule has 4 N–H and O–H groups in total. The molecule has 1 aromatic carbocycles. The van der Waals surface area contributed by atoms with E-state index >= 15 is 0 Å². The van der Waals surface area contributed by atoms with E-state index in [1.807, 2.05) is 12.2 Å². The number of hydrogen-bond donors (Lipinski definition) is 3. The Morgan fingerprint density at radius 2 is 1.90 bits per heavy atom. The number of anilines is 1. The summed E-state index contributed by atoms with van der Waals surface area (Å²) in [4.78, 5) is 24.4. The van der Waals surface area contributed by atoms with Crippen LogP contribution in [0.4, 0.5) is 5.69 Å². The van der Waals surface area contributed by atoms with Crippen molar-refractivity contribution < 1.29 is 9.59 Å². The minimum atomic E-state index is -0.223. The molecule has 110 valence electrons. The third kappa shape index (κ3) is 3.31. The Bertz CT molecular complexity index is 593. The van der Waals surface area contributed by atoms with Gasteiger partial charge in [0.25, 0.3) is 5.91 Å². The number of carbonyl (C=O) groups excluding carboxylic acids is 2. The lowest BCUT2D eigenvalue weighted by Gasteiger charge is -2.14. The fraction of sp³-hybridized carbons (Fsp3) is 0.375. The lowest BCUT2D eigenvalue weighted by atomic mass is 10.1. The lowest BCUT2D eigenvalue weighted by Crippen LogP contribution is -2.28. The van der Waals surface area contributed by atoms with Gasteiger partial charge in [-0.25, -0.2) is 0 Å². The third-order valence-electron chi connectivity index (χ3n) is 3.80. The molecule has 0 heterocycles. The summed E-state index contributed by atoms with van der Waals surface area (Å²) in [5.41, 5.74) is 6.82. The molecule has 5 nitrogen and oxygen atoms in total. The third-order valence-corrected chi connectivity index (χ3v) is 3.80. The molecule has 0 spiro atoms. The van der Waals surface area contributed by atoms with E-state index in [4.69, 9.17) is 5.73 Å². The zero-order valence-corrected chi connectivity index (χ0v) is 11.7. The molecule has 0 saturated heterocycles. The van der Waals surface area contributed by atoms with Gasteiger partial charge in [-0.15, -0.1) is 0 Å². The van der Waals surface area contributed by atoms with E-state index in [0.717, 1.165) is 12.8 Å². The molecule has 3 rings (SSSR count). The SMILES string of the molecule is NC1C=CC(C(=O)Nc2ccccc2C(=O)NC2CC2)C1. The largest absolute Gasteiger partial charge is 0.349 e. The Balaban J connectivity index is 1.71. The number of para-hydroxylation sites is 1. The first-order chi connectivity index (χ1) is 10.1. The van der Waals surface area contributed by atoms with E-state index in [1.54, 1.807) is 24.3 Å². The van der Waals surface area contributed by atoms with Gasteiger partial charge in [-0.1, -0.05) is 24.3 Å². The molecule has 2 amide bonds. The van der Waals surface area contributed by atoms with Gasteiger partial charge in [-0.2, -0.15) is 0 Å². The van der Waals surface area contributed by atoms with Crippen molar-refractivity contribution in [2.75, 3.05) is 5.32 Å². The minimum Gasteiger partial charge on any atom is -0.349 e. The van der Waals surface area contributed by atoms with Gasteiger partial charge in [-0.05, 0) is 31.4 Å². The fourth-order valence-electron chi connectivity index (χ4n) is 2.43. The van der Waals surface area contributed by atoms with Crippen molar-refractivity contribution in [1.82, 2.24) is 5.32 Å². The lowest BCUT2D eigenvalue weighted by molar-refractivity contribution is -0.118. The molecule has 1 saturated carbocycles. The van der Waals surface area contributed by atoms with Crippen LogP contribution in [0.2, 0.25) is 0 Å². The van der Waals surface area contributed by atoms with Crippen molar-refractivity contribution in [3.05, 3.63) is 42.0 Å². The summed E-state index contributed by atoms with van der Waals surface area (Å²) in [6.45, 7) is 0. The van der Waals surface area contributed by atoms with Crippen molar-refractivity contribution in [2.45, 2.75) is 31.3 Å². The quantitative estimate of drug-likeness (QED) is 0.731. The Labute approximate surface area is 123 Å². The number of nitrogens with two attached hydrogens (primary N) is 1. The molecular weight excluding hydrogens is 266 g/mol. The standard InChI is InChI=1S/C16H19N3O2/c17-11-6-5-10(9-11)15(20)19-14-4-2-1-3-13(14)16(21)18-12-7-8-12/h1-6,10-12H,7-9,17H2,(H,18,21)(H,19,20). The second-order valence-electron chi connectivity index (χ2n) is 5.67. The summed E-state index contributed by atoms with van der Waals surface area (Å²) in [7, 11) is 0. The van der Waals surface area contributed by atoms with Crippen LogP contribution in [0.15, 0.2) is 36.4 Å². The predicted octanol–water partition coefficient (Wildman–Crippen LogP) is 1.42. The van der Waals surface area contributed by atoms with Gasteiger partial charge in [0, 0.05) is 12.1 Å². The number of benzene rings is 1. The minimum absolute atomic E-state index is 0.0610. The highest BCUT2D eigenvalue weighted by molar-refractivity contribution is 6.04. The molecular formula is C16H19N3O2. The summed E-state index contributed by atoms with van der Waals surface area (Å²) < 4.78 is 0. The molecule has 5 heteroatoms. The maximum absolute atomic E-state index is 12.2. The molecule has 1 aromatic rings. The maximum Gasteiger partial charge on any atom is 0.253 e. The van der Waals surface area contributed by atoms with Gasteiger partial charge in [0.15, 0.2) is 0 Å². The number of amides is 2. The maximum atomic E-state index is 12.2. The zero-order chi connectivity index (χ0) is 14.8. The normalized spacial score (nSPS) is 23.9. The Kier molecular flexibility index (Phi) is 3.75. The molecule has 2 atom stereocenters. The van der Waals surface area contributed by atoms with Crippen molar-refractivity contribution in [1.29, 1.82) is 0 Å². The van der Waals surface area contributed by atoms with E-state index in [2.05, 4.69) is 10.6 Å². The molecule has 0 aliphatic heterocycles. The smallest absolute Gasteiger partial charge is 0.253 e. The van der Waals surface area contributed by atoms with Crippen LogP contribution in [-0.4, -0.2) is 23.9 Å². The Morgan fingerprint density at radius 1 is 1.14 bits per heavy atom. The van der Waals surface area contributed by atoms with Crippen molar-refractivity contribution in [2.24, 2.45) is 11.7 Å². The van der Waals surface area contributed by atoms with Gasteiger partial charge in [0.2, 0.25) is 5.91 Å². The van der Waals surface area contributed by atoms with Crippen LogP contribution in [0.25, 0.3) is 0 Å². The first-order valence-corrected chi connectivity index (χ1v) is 7.28. The van der Waals surface area contributed by atoms with Crippen molar-refractivity contribution in [3.63, 3.8) is 0 Å². The van der Waals surface area contributed by atoms with Gasteiger partial charge < -0.3 is 16.4 Å². The Hall–Kier alpha value is -2.14. The molecule has 21 heavy (non-hydrogen) atoms. The first kappa shape index (κ1) is 13.8. The molecule has 0 radical (unpaired) electrons. The van der Waals surface area contributed by atoms with Gasteiger partial charge in [0.05, 0.1) is 17.2 Å². The van der Waals surface area contributed by atoms with Gasteiger partial charge in [0.1, 0.15) is 0 Å². The van der Waals surface area contributed by atoms with E-state index in [9.17, 15) is 9.59 Å². The molecule has 2 aliphatic carbocycles. The van der Waals surface area contributed by atoms with E-state index in [-0.39, 0.29) is 29.8 Å².